The molecular weight excluding hydrogens is 302 g/mol. The van der Waals surface area contributed by atoms with E-state index < -0.39 is 15.9 Å². The molecule has 5 nitrogen and oxygen atoms in total. The summed E-state index contributed by atoms with van der Waals surface area (Å²) in [6, 6.07) is 15.8. The molecule has 2 aromatic rings. The van der Waals surface area contributed by atoms with Gasteiger partial charge in [-0.3, -0.25) is 5.32 Å². The Hall–Kier alpha value is -2.34. The summed E-state index contributed by atoms with van der Waals surface area (Å²) in [6.07, 6.45) is 1.01. The van der Waals surface area contributed by atoms with Gasteiger partial charge in [-0.15, -0.1) is 0 Å². The summed E-state index contributed by atoms with van der Waals surface area (Å²) in [5, 5.41) is 2.62. The summed E-state index contributed by atoms with van der Waals surface area (Å²) in [7, 11) is -3.01. The number of sulfone groups is 1. The molecule has 0 aliphatic heterocycles. The van der Waals surface area contributed by atoms with E-state index in [1.54, 1.807) is 42.5 Å². The molecule has 2 aromatic carbocycles. The van der Waals surface area contributed by atoms with Crippen LogP contribution in [0.2, 0.25) is 0 Å². The fraction of sp³-hybridized carbons (Fsp3) is 0.188. The Bertz CT molecular complexity index is 742. The van der Waals surface area contributed by atoms with Crippen molar-refractivity contribution < 1.29 is 17.9 Å². The molecule has 1 N–H and O–H groups in total. The fourth-order valence-corrected chi connectivity index (χ4v) is 2.45. The van der Waals surface area contributed by atoms with Crippen molar-refractivity contribution in [2.24, 2.45) is 0 Å². The van der Waals surface area contributed by atoms with E-state index in [9.17, 15) is 13.2 Å². The molecule has 0 radical (unpaired) electrons. The number of carbonyl (C=O) groups is 1. The molecule has 0 unspecified atom stereocenters. The molecule has 0 saturated heterocycles. The van der Waals surface area contributed by atoms with E-state index >= 15 is 0 Å². The van der Waals surface area contributed by atoms with Gasteiger partial charge in [0.15, 0.2) is 0 Å². The Morgan fingerprint density at radius 3 is 2.50 bits per heavy atom. The van der Waals surface area contributed by atoms with E-state index in [4.69, 9.17) is 4.74 Å². The number of benzene rings is 2. The zero-order chi connectivity index (χ0) is 16.0. The minimum absolute atomic E-state index is 0.0743. The molecule has 0 aliphatic carbocycles. The highest BCUT2D eigenvalue weighted by molar-refractivity contribution is 7.90. The van der Waals surface area contributed by atoms with Gasteiger partial charge in [-0.2, -0.15) is 0 Å². The largest absolute Gasteiger partial charge is 0.417 e. The van der Waals surface area contributed by atoms with Crippen LogP contribution < -0.4 is 10.1 Å². The first-order chi connectivity index (χ1) is 10.4. The molecule has 22 heavy (non-hydrogen) atoms. The van der Waals surface area contributed by atoms with Crippen LogP contribution in [0.1, 0.15) is 5.56 Å². The minimum atomic E-state index is -3.01. The van der Waals surface area contributed by atoms with Gasteiger partial charge in [0.25, 0.3) is 0 Å². The van der Waals surface area contributed by atoms with Crippen molar-refractivity contribution in [1.29, 1.82) is 0 Å². The van der Waals surface area contributed by atoms with Crippen LogP contribution in [0, 0.1) is 0 Å². The van der Waals surface area contributed by atoms with E-state index in [1.165, 1.54) is 6.26 Å². The summed E-state index contributed by atoms with van der Waals surface area (Å²) in [4.78, 5) is 11.8. The molecule has 0 bridgehead atoms. The SMILES string of the molecule is CS(=O)(=O)CCc1cccc(NC(=O)Oc2ccccc2)c1. The van der Waals surface area contributed by atoms with Crippen molar-refractivity contribution in [2.75, 3.05) is 17.3 Å². The number of amides is 1. The van der Waals surface area contributed by atoms with Gasteiger partial charge in [0.2, 0.25) is 0 Å². The van der Waals surface area contributed by atoms with Crippen LogP contribution in [0.15, 0.2) is 54.6 Å². The topological polar surface area (TPSA) is 72.5 Å². The average molecular weight is 319 g/mol. The van der Waals surface area contributed by atoms with Crippen LogP contribution >= 0.6 is 0 Å². The number of para-hydroxylation sites is 1. The fourth-order valence-electron chi connectivity index (χ4n) is 1.85. The van der Waals surface area contributed by atoms with Crippen LogP contribution in [0.4, 0.5) is 10.5 Å². The monoisotopic (exact) mass is 319 g/mol. The molecule has 0 atom stereocenters. The van der Waals surface area contributed by atoms with Gasteiger partial charge in [-0.1, -0.05) is 30.3 Å². The lowest BCUT2D eigenvalue weighted by Crippen LogP contribution is -2.16. The zero-order valence-corrected chi connectivity index (χ0v) is 13.0. The number of nitrogens with one attached hydrogen (secondary N) is 1. The Morgan fingerprint density at radius 1 is 1.09 bits per heavy atom. The average Bonchev–Trinajstić information content (AvgIpc) is 2.46. The number of hydrogen-bond donors (Lipinski definition) is 1. The Balaban J connectivity index is 1.96. The van der Waals surface area contributed by atoms with Gasteiger partial charge in [-0.05, 0) is 36.2 Å². The molecule has 0 heterocycles. The van der Waals surface area contributed by atoms with Crippen molar-refractivity contribution in [1.82, 2.24) is 0 Å². The van der Waals surface area contributed by atoms with Gasteiger partial charge >= 0.3 is 6.09 Å². The second-order valence-electron chi connectivity index (χ2n) is 4.91. The Morgan fingerprint density at radius 2 is 1.82 bits per heavy atom. The second kappa shape index (κ2) is 7.09. The molecular formula is C16H17NO4S. The molecule has 6 heteroatoms. The lowest BCUT2D eigenvalue weighted by Gasteiger charge is -2.08. The lowest BCUT2D eigenvalue weighted by molar-refractivity contribution is 0.215. The standard InChI is InChI=1S/C16H17NO4S/c1-22(19,20)11-10-13-6-5-7-14(12-13)17-16(18)21-15-8-3-2-4-9-15/h2-9,12H,10-11H2,1H3,(H,17,18). The first-order valence-corrected chi connectivity index (χ1v) is 8.79. The van der Waals surface area contributed by atoms with Crippen molar-refractivity contribution in [3.8, 4) is 5.75 Å². The van der Waals surface area contributed by atoms with Crippen molar-refractivity contribution >= 4 is 21.6 Å². The minimum Gasteiger partial charge on any atom is -0.410 e. The molecule has 0 spiro atoms. The highest BCUT2D eigenvalue weighted by atomic mass is 32.2. The number of anilines is 1. The molecule has 0 aromatic heterocycles. The zero-order valence-electron chi connectivity index (χ0n) is 12.2. The van der Waals surface area contributed by atoms with E-state index in [-0.39, 0.29) is 5.75 Å². The summed E-state index contributed by atoms with van der Waals surface area (Å²) in [6.45, 7) is 0. The smallest absolute Gasteiger partial charge is 0.410 e. The van der Waals surface area contributed by atoms with Crippen molar-refractivity contribution in [3.63, 3.8) is 0 Å². The second-order valence-corrected chi connectivity index (χ2v) is 7.17. The van der Waals surface area contributed by atoms with E-state index in [1.807, 2.05) is 12.1 Å². The van der Waals surface area contributed by atoms with E-state index in [0.717, 1.165) is 5.56 Å². The third-order valence-corrected chi connectivity index (χ3v) is 3.83. The molecule has 116 valence electrons. The van der Waals surface area contributed by atoms with Crippen LogP contribution in [0.3, 0.4) is 0 Å². The summed E-state index contributed by atoms with van der Waals surface area (Å²) in [5.74, 6) is 0.526. The third kappa shape index (κ3) is 5.57. The first kappa shape index (κ1) is 16.0. The van der Waals surface area contributed by atoms with Crippen molar-refractivity contribution in [3.05, 3.63) is 60.2 Å². The normalized spacial score (nSPS) is 11.0. The van der Waals surface area contributed by atoms with Crippen LogP contribution in [-0.4, -0.2) is 26.5 Å². The van der Waals surface area contributed by atoms with Gasteiger partial charge in [-0.25, -0.2) is 13.2 Å². The quantitative estimate of drug-likeness (QED) is 0.920. The third-order valence-electron chi connectivity index (χ3n) is 2.89. The number of hydrogen-bond acceptors (Lipinski definition) is 4. The number of ether oxygens (including phenoxy) is 1. The molecule has 0 fully saturated rings. The van der Waals surface area contributed by atoms with Gasteiger partial charge in [0.05, 0.1) is 5.75 Å². The number of carbonyl (C=O) groups excluding carboxylic acids is 1. The summed E-state index contributed by atoms with van der Waals surface area (Å²) >= 11 is 0. The predicted octanol–water partition coefficient (Wildman–Crippen LogP) is 2.88. The predicted molar refractivity (Wildman–Crippen MR) is 85.9 cm³/mol. The maximum absolute atomic E-state index is 11.8. The van der Waals surface area contributed by atoms with Crippen LogP contribution in [-0.2, 0) is 16.3 Å². The van der Waals surface area contributed by atoms with Crippen LogP contribution in [0.25, 0.3) is 0 Å². The molecule has 0 saturated carbocycles. The Labute approximate surface area is 129 Å². The molecule has 0 aliphatic rings. The van der Waals surface area contributed by atoms with Gasteiger partial charge in [0, 0.05) is 11.9 Å². The highest BCUT2D eigenvalue weighted by Gasteiger charge is 2.07. The number of aryl methyl sites for hydroxylation is 1. The van der Waals surface area contributed by atoms with Gasteiger partial charge in [0.1, 0.15) is 15.6 Å². The maximum Gasteiger partial charge on any atom is 0.417 e. The highest BCUT2D eigenvalue weighted by Crippen LogP contribution is 2.14. The van der Waals surface area contributed by atoms with E-state index in [2.05, 4.69) is 5.32 Å². The van der Waals surface area contributed by atoms with Crippen LogP contribution in [0.5, 0.6) is 5.75 Å². The number of rotatable bonds is 5. The van der Waals surface area contributed by atoms with Crippen molar-refractivity contribution in [2.45, 2.75) is 6.42 Å². The molecule has 1 amide bonds. The molecule has 2 rings (SSSR count). The van der Waals surface area contributed by atoms with Gasteiger partial charge < -0.3 is 4.74 Å². The first-order valence-electron chi connectivity index (χ1n) is 6.73. The Kier molecular flexibility index (Phi) is 5.16. The summed E-state index contributed by atoms with van der Waals surface area (Å²) in [5.41, 5.74) is 1.40. The van der Waals surface area contributed by atoms with E-state index in [0.29, 0.717) is 17.9 Å². The summed E-state index contributed by atoms with van der Waals surface area (Å²) < 4.78 is 27.5. The maximum atomic E-state index is 11.8. The lowest BCUT2D eigenvalue weighted by atomic mass is 10.1.